The number of piperidine rings is 1. The zero-order chi connectivity index (χ0) is 74.4. The Morgan fingerprint density at radius 1 is 0.570 bits per heavy atom. The lowest BCUT2D eigenvalue weighted by Gasteiger charge is -2.45. The Morgan fingerprint density at radius 2 is 1.21 bits per heavy atom. The minimum Gasteiger partial charge on any atom is -0.343 e. The number of nitrogens with zero attached hydrogens (tertiary/aromatic N) is 8. The molecule has 6 fully saturated rings. The van der Waals surface area contributed by atoms with Gasteiger partial charge in [-0.3, -0.25) is 57.5 Å². The molecule has 0 aromatic heterocycles. The van der Waals surface area contributed by atoms with Crippen molar-refractivity contribution < 1.29 is 57.5 Å². The van der Waals surface area contributed by atoms with Crippen LogP contribution in [0.2, 0.25) is 0 Å². The number of fused-ring (bicyclic) bond motifs is 1. The van der Waals surface area contributed by atoms with Gasteiger partial charge in [-0.1, -0.05) is 129 Å². The van der Waals surface area contributed by atoms with Crippen molar-refractivity contribution >= 4 is 105 Å². The Bertz CT molecular complexity index is 2870. The third kappa shape index (κ3) is 21.9. The Hall–Kier alpha value is -5.34. The van der Waals surface area contributed by atoms with E-state index in [2.05, 4.69) is 50.8 Å². The van der Waals surface area contributed by atoms with Crippen molar-refractivity contribution in [1.29, 1.82) is 0 Å². The third-order valence-corrected chi connectivity index (χ3v) is 24.8. The first-order valence-corrected chi connectivity index (χ1v) is 39.3. The number of rotatable bonds is 13. The van der Waals surface area contributed by atoms with Crippen LogP contribution in [-0.2, 0) is 57.5 Å². The van der Waals surface area contributed by atoms with Crippen molar-refractivity contribution in [2.75, 3.05) is 68.5 Å². The molecule has 24 nitrogen and oxygen atoms in total. The van der Waals surface area contributed by atoms with E-state index in [0.717, 1.165) is 70.6 Å². The van der Waals surface area contributed by atoms with Crippen LogP contribution in [0.25, 0.3) is 0 Å². The molecule has 26 heteroatoms. The van der Waals surface area contributed by atoms with Gasteiger partial charge in [0.25, 0.3) is 0 Å². The second-order valence-corrected chi connectivity index (χ2v) is 34.3. The molecule has 6 aliphatic rings. The molecule has 0 spiro atoms. The van der Waals surface area contributed by atoms with Gasteiger partial charge in [0.05, 0.1) is 13.0 Å². The van der Waals surface area contributed by atoms with Crippen LogP contribution in [-0.4, -0.2) is 248 Å². The number of alkyl halides is 2. The maximum atomic E-state index is 15.4. The SMILES string of the molecule is CC[C@H](C)[C@@H]1NC(=O)[C@H](CC(C)C)N(C)C(=O)C[C@@H](C(=O)N2CCCCC2)N(C)C(=O)[C@H](CC(C)C)NC(=O)C(C)(C)N(C)C(=O)[C@H](CC2CCCCC2Cl)NC(=O)[C@H](CC2CCCC(I)C2)NC(=O)CN(C)C(=O)[C@H](CC2CCC(C)CC2)N(C)C(=O)[C@@H]2CCN2C(=O)[C@H](C)N(C)C1=O. The fourth-order valence-electron chi connectivity index (χ4n) is 15.5. The highest BCUT2D eigenvalue weighted by Gasteiger charge is 2.48. The average Bonchev–Trinajstić information content (AvgIpc) is 0.786. The minimum absolute atomic E-state index is 0.0259. The first-order chi connectivity index (χ1) is 47.0. The second kappa shape index (κ2) is 37.9. The lowest BCUT2D eigenvalue weighted by molar-refractivity contribution is -0.160. The van der Waals surface area contributed by atoms with Crippen LogP contribution in [0.3, 0.4) is 0 Å². The van der Waals surface area contributed by atoms with Crippen LogP contribution in [0.5, 0.6) is 0 Å². The van der Waals surface area contributed by atoms with Gasteiger partial charge in [0.1, 0.15) is 59.9 Å². The van der Waals surface area contributed by atoms with Crippen LogP contribution in [0, 0.1) is 41.4 Å². The van der Waals surface area contributed by atoms with Crippen molar-refractivity contribution in [3.05, 3.63) is 0 Å². The van der Waals surface area contributed by atoms with Gasteiger partial charge in [0.2, 0.25) is 70.9 Å². The van der Waals surface area contributed by atoms with E-state index in [9.17, 15) is 28.8 Å². The summed E-state index contributed by atoms with van der Waals surface area (Å²) in [6, 6.07) is -10.5. The fourth-order valence-corrected chi connectivity index (χ4v) is 17.1. The molecule has 3 aliphatic carbocycles. The van der Waals surface area contributed by atoms with Crippen LogP contribution in [0.15, 0.2) is 0 Å². The summed E-state index contributed by atoms with van der Waals surface area (Å²) in [5, 5.41) is 11.6. The van der Waals surface area contributed by atoms with E-state index in [4.69, 9.17) is 11.6 Å². The molecule has 0 aromatic carbocycles. The quantitative estimate of drug-likeness (QED) is 0.108. The molecule has 0 aromatic rings. The van der Waals surface area contributed by atoms with Crippen molar-refractivity contribution in [2.45, 2.75) is 286 Å². The normalized spacial score (nSPS) is 32.4. The zero-order valence-electron chi connectivity index (χ0n) is 63.2. The molecule has 3 saturated carbocycles. The van der Waals surface area contributed by atoms with Crippen LogP contribution < -0.4 is 21.3 Å². The molecule has 3 saturated heterocycles. The molecule has 100 heavy (non-hydrogen) atoms. The lowest BCUT2D eigenvalue weighted by atomic mass is 9.79. The topological polar surface area (TPSA) is 279 Å². The fraction of sp³-hybridized carbons (Fsp3) is 0.838. The molecule has 0 radical (unpaired) electrons. The Labute approximate surface area is 615 Å². The van der Waals surface area contributed by atoms with Crippen molar-refractivity contribution in [1.82, 2.24) is 60.5 Å². The monoisotopic (exact) mass is 1530 g/mol. The predicted octanol–water partition coefficient (Wildman–Crippen LogP) is 6.89. The highest BCUT2D eigenvalue weighted by Crippen LogP contribution is 2.37. The number of nitrogens with one attached hydrogen (secondary N) is 4. The number of amides is 12. The van der Waals surface area contributed by atoms with E-state index in [0.29, 0.717) is 67.9 Å². The van der Waals surface area contributed by atoms with E-state index < -0.39 is 150 Å². The summed E-state index contributed by atoms with van der Waals surface area (Å²) in [4.78, 5) is 191. The highest BCUT2D eigenvalue weighted by atomic mass is 127. The van der Waals surface area contributed by atoms with E-state index in [1.54, 1.807) is 39.6 Å². The van der Waals surface area contributed by atoms with E-state index in [1.165, 1.54) is 69.5 Å². The molecule has 4 N–H and O–H groups in total. The maximum absolute atomic E-state index is 15.4. The Morgan fingerprint density at radius 3 is 1.80 bits per heavy atom. The smallest absolute Gasteiger partial charge is 0.246 e. The van der Waals surface area contributed by atoms with Gasteiger partial charge < -0.3 is 60.5 Å². The minimum atomic E-state index is -1.69. The maximum Gasteiger partial charge on any atom is 0.246 e. The van der Waals surface area contributed by atoms with Gasteiger partial charge in [0.15, 0.2) is 0 Å². The number of carbonyl (C=O) groups excluding carboxylic acids is 12. The van der Waals surface area contributed by atoms with E-state index in [1.807, 2.05) is 34.6 Å². The second-order valence-electron chi connectivity index (χ2n) is 32.0. The van der Waals surface area contributed by atoms with Crippen molar-refractivity contribution in [3.63, 3.8) is 0 Å². The Kier molecular flexibility index (Phi) is 31.7. The first kappa shape index (κ1) is 83.6. The summed E-state index contributed by atoms with van der Waals surface area (Å²) in [6.45, 7) is 18.6. The summed E-state index contributed by atoms with van der Waals surface area (Å²) < 4.78 is 0.334. The standard InChI is InChI=1S/C74H124ClIN12O12/c1-17-47(7)63-72(99)82(12)48(8)66(93)88-35-32-57(88)70(97)85(15)59(40-49-30-28-46(6)29-31-49)69(96)81(11)43-61(89)77-54(39-50-24-23-26-52(76)38-50)64(91)78-56(41-51-25-19-20-27-53(51)75)68(95)86(16)74(9,10)73(100)79-55(36-44(2)3)67(94)84(14)60(71(98)87-33-21-18-22-34-87)42-62(90)83(13)58(37-45(4)5)65(92)80-63/h44-60,63H,17-43H2,1-16H3,(H,77,89)(H,78,91)(H,79,100)(H,80,92)/t46?,47-,48-,49?,50?,51?,52?,53?,54-,55-,56-,57-,58-,59-,60-,63-/m0/s1. The largest absolute Gasteiger partial charge is 0.343 e. The van der Waals surface area contributed by atoms with E-state index in [-0.39, 0.29) is 67.2 Å². The zero-order valence-corrected chi connectivity index (χ0v) is 66.1. The van der Waals surface area contributed by atoms with Crippen LogP contribution >= 0.6 is 34.2 Å². The molecule has 6 rings (SSSR count). The summed E-state index contributed by atoms with van der Waals surface area (Å²) in [7, 11) is 8.88. The molecule has 4 unspecified atom stereocenters. The molecule has 12 amide bonds. The Balaban J connectivity index is 1.44. The molecule has 3 aliphatic heterocycles. The molecular formula is C74H124ClIN12O12. The lowest BCUT2D eigenvalue weighted by Crippen LogP contribution is -2.65. The molecule has 0 bridgehead atoms. The summed E-state index contributed by atoms with van der Waals surface area (Å²) in [6.07, 6.45) is 13.6. The van der Waals surface area contributed by atoms with Gasteiger partial charge >= 0.3 is 0 Å². The number of likely N-dealkylation sites (tertiary alicyclic amines) is 1. The number of halogens is 2. The molecular weight excluding hydrogens is 1410 g/mol. The van der Waals surface area contributed by atoms with Crippen LogP contribution in [0.4, 0.5) is 0 Å². The number of hydrogen-bond donors (Lipinski definition) is 4. The highest BCUT2D eigenvalue weighted by molar-refractivity contribution is 14.1. The van der Waals surface area contributed by atoms with E-state index >= 15 is 28.8 Å². The molecule has 3 heterocycles. The van der Waals surface area contributed by atoms with Crippen molar-refractivity contribution in [2.24, 2.45) is 41.4 Å². The first-order valence-electron chi connectivity index (χ1n) is 37.7. The van der Waals surface area contributed by atoms with Gasteiger partial charge in [-0.05, 0) is 146 Å². The molecule has 14 atom stereocenters. The van der Waals surface area contributed by atoms with Gasteiger partial charge in [0, 0.05) is 71.2 Å². The molecule has 566 valence electrons. The third-order valence-electron chi connectivity index (χ3n) is 23.1. The van der Waals surface area contributed by atoms with Gasteiger partial charge in [-0.15, -0.1) is 11.6 Å². The number of likely N-dealkylation sites (N-methyl/N-ethyl adjacent to an activating group) is 6. The number of hydrogen-bond acceptors (Lipinski definition) is 12. The van der Waals surface area contributed by atoms with Gasteiger partial charge in [-0.2, -0.15) is 0 Å². The van der Waals surface area contributed by atoms with Crippen LogP contribution in [0.1, 0.15) is 217 Å². The summed E-state index contributed by atoms with van der Waals surface area (Å²) in [5.41, 5.74) is -1.69. The summed E-state index contributed by atoms with van der Waals surface area (Å²) in [5.74, 6) is -7.48. The van der Waals surface area contributed by atoms with Crippen molar-refractivity contribution in [3.8, 4) is 0 Å². The van der Waals surface area contributed by atoms with Gasteiger partial charge in [-0.25, -0.2) is 0 Å². The summed E-state index contributed by atoms with van der Waals surface area (Å²) >= 11 is 9.47. The average molecular weight is 1540 g/mol. The predicted molar refractivity (Wildman–Crippen MR) is 394 cm³/mol. The number of carbonyl (C=O) groups is 12.